The van der Waals surface area contributed by atoms with E-state index >= 15 is 0 Å². The van der Waals surface area contributed by atoms with Crippen LogP contribution in [0.5, 0.6) is 0 Å². The molecule has 0 spiro atoms. The summed E-state index contributed by atoms with van der Waals surface area (Å²) >= 11 is 0. The minimum atomic E-state index is -3.08. The summed E-state index contributed by atoms with van der Waals surface area (Å²) in [4.78, 5) is 16.8. The molecule has 0 radical (unpaired) electrons. The van der Waals surface area contributed by atoms with Gasteiger partial charge in [-0.15, -0.1) is 10.2 Å². The molecule has 5 atom stereocenters. The fraction of sp³-hybridized carbons (Fsp3) is 0.375. The number of allylic oxidation sites excluding steroid dienone is 1. The summed E-state index contributed by atoms with van der Waals surface area (Å²) in [6.45, 7) is 3.21. The van der Waals surface area contributed by atoms with E-state index < -0.39 is 47.7 Å². The van der Waals surface area contributed by atoms with E-state index in [-0.39, 0.29) is 0 Å². The van der Waals surface area contributed by atoms with Gasteiger partial charge < -0.3 is 10.5 Å². The molecule has 8 nitrogen and oxygen atoms in total. The van der Waals surface area contributed by atoms with Crippen molar-refractivity contribution < 1.29 is 18.3 Å². The lowest BCUT2D eigenvalue weighted by molar-refractivity contribution is -0.155. The topological polar surface area (TPSA) is 120 Å². The third-order valence-electron chi connectivity index (χ3n) is 7.06. The van der Waals surface area contributed by atoms with Crippen LogP contribution in [0.1, 0.15) is 26.0 Å². The number of halogens is 2. The Kier molecular flexibility index (Phi) is 5.27. The maximum atomic E-state index is 14.8. The van der Waals surface area contributed by atoms with Gasteiger partial charge in [0, 0.05) is 35.6 Å². The molecule has 0 bridgehead atoms. The van der Waals surface area contributed by atoms with E-state index in [0.717, 1.165) is 16.7 Å². The molecule has 1 aromatic carbocycles. The highest BCUT2D eigenvalue weighted by molar-refractivity contribution is 5.84. The molecule has 5 rings (SSSR count). The zero-order valence-electron chi connectivity index (χ0n) is 18.7. The highest BCUT2D eigenvalue weighted by Crippen LogP contribution is 2.53. The third kappa shape index (κ3) is 3.58. The van der Waals surface area contributed by atoms with Gasteiger partial charge in [-0.1, -0.05) is 43.3 Å². The van der Waals surface area contributed by atoms with Crippen LogP contribution in [0.15, 0.2) is 48.7 Å². The summed E-state index contributed by atoms with van der Waals surface area (Å²) in [5.41, 5.74) is 7.65. The molecular formula is C24H24F2N6O2. The molecule has 1 aliphatic heterocycles. The van der Waals surface area contributed by atoms with Gasteiger partial charge >= 0.3 is 5.97 Å². The zero-order valence-corrected chi connectivity index (χ0v) is 18.7. The molecule has 3 heterocycles. The second kappa shape index (κ2) is 8.05. The highest BCUT2D eigenvalue weighted by atomic mass is 19.3. The molecule has 2 aliphatic rings. The number of cyclic esters (lactones) is 1. The van der Waals surface area contributed by atoms with Gasteiger partial charge in [0.1, 0.15) is 11.6 Å². The van der Waals surface area contributed by atoms with Gasteiger partial charge in [0.25, 0.3) is 5.92 Å². The number of rotatable bonds is 4. The van der Waals surface area contributed by atoms with Crippen LogP contribution in [-0.4, -0.2) is 49.1 Å². The number of aromatic amines is 1. The molecular weight excluding hydrogens is 442 g/mol. The molecule has 1 saturated heterocycles. The number of benzene rings is 1. The number of H-pyrrole nitrogens is 1. The quantitative estimate of drug-likeness (QED) is 0.565. The number of tetrazole rings is 1. The second-order valence-electron chi connectivity index (χ2n) is 9.09. The average Bonchev–Trinajstić information content (AvgIpc) is 3.41. The minimum Gasteiger partial charge on any atom is -0.461 e. The van der Waals surface area contributed by atoms with Gasteiger partial charge in [0.05, 0.1) is 5.69 Å². The molecule has 176 valence electrons. The van der Waals surface area contributed by atoms with Crippen molar-refractivity contribution in [2.24, 2.45) is 23.5 Å². The van der Waals surface area contributed by atoms with Gasteiger partial charge in [-0.3, -0.25) is 9.78 Å². The van der Waals surface area contributed by atoms with Crippen molar-refractivity contribution in [1.29, 1.82) is 0 Å². The van der Waals surface area contributed by atoms with E-state index in [0.29, 0.717) is 11.5 Å². The van der Waals surface area contributed by atoms with Gasteiger partial charge in [0.2, 0.25) is 5.82 Å². The number of fused-ring (bicyclic) bond motifs is 1. The largest absolute Gasteiger partial charge is 0.461 e. The monoisotopic (exact) mass is 466 g/mol. The number of ether oxygens (including phenoxy) is 1. The molecule has 34 heavy (non-hydrogen) atoms. The van der Waals surface area contributed by atoms with Crippen molar-refractivity contribution in [3.63, 3.8) is 0 Å². The molecule has 3 N–H and O–H groups in total. The normalized spacial score (nSPS) is 30.3. The minimum absolute atomic E-state index is 0.472. The van der Waals surface area contributed by atoms with Crippen molar-refractivity contribution in [3.8, 4) is 22.5 Å². The Hall–Kier alpha value is -3.53. The Morgan fingerprint density at radius 1 is 1.18 bits per heavy atom. The highest BCUT2D eigenvalue weighted by Gasteiger charge is 2.66. The predicted octanol–water partition coefficient (Wildman–Crippen LogP) is 3.49. The number of aromatic nitrogens is 5. The molecule has 2 fully saturated rings. The number of carbonyl (C=O) groups excluding carboxylic acids is 1. The summed E-state index contributed by atoms with van der Waals surface area (Å²) in [5, 5.41) is 14.2. The molecule has 1 aliphatic carbocycles. The third-order valence-corrected chi connectivity index (χ3v) is 7.06. The first kappa shape index (κ1) is 22.3. The van der Waals surface area contributed by atoms with Crippen LogP contribution in [0.25, 0.3) is 28.6 Å². The van der Waals surface area contributed by atoms with Gasteiger partial charge in [0.15, 0.2) is 0 Å². The van der Waals surface area contributed by atoms with Gasteiger partial charge in [-0.05, 0) is 35.8 Å². The first-order valence-corrected chi connectivity index (χ1v) is 11.1. The first-order chi connectivity index (χ1) is 16.2. The van der Waals surface area contributed by atoms with E-state index in [2.05, 4.69) is 25.6 Å². The SMILES string of the molecule is C[C@H]1OC(=O)[C@]2(N)CC(F)(F)[C@@H](C)[C@H](/C=C/c3ccc(-c4ccccc4-c4nn[nH]n4)cn3)C12. The number of alkyl halides is 2. The Morgan fingerprint density at radius 3 is 2.62 bits per heavy atom. The lowest BCUT2D eigenvalue weighted by Crippen LogP contribution is -2.62. The summed E-state index contributed by atoms with van der Waals surface area (Å²) < 4.78 is 34.9. The Bertz CT molecular complexity index is 1230. The number of hydrogen-bond acceptors (Lipinski definition) is 7. The van der Waals surface area contributed by atoms with Crippen molar-refractivity contribution in [2.75, 3.05) is 0 Å². The van der Waals surface area contributed by atoms with E-state index in [1.54, 1.807) is 31.3 Å². The van der Waals surface area contributed by atoms with Crippen molar-refractivity contribution in [3.05, 3.63) is 54.4 Å². The number of hydrogen-bond donors (Lipinski definition) is 2. The number of nitrogens with two attached hydrogens (primary N) is 1. The molecule has 2 aromatic heterocycles. The van der Waals surface area contributed by atoms with Crippen LogP contribution in [0.2, 0.25) is 0 Å². The first-order valence-electron chi connectivity index (χ1n) is 11.1. The van der Waals surface area contributed by atoms with E-state index in [1.165, 1.54) is 6.92 Å². The average molecular weight is 466 g/mol. The Balaban J connectivity index is 1.43. The summed E-state index contributed by atoms with van der Waals surface area (Å²) in [5.74, 6) is -5.54. The number of carbonyl (C=O) groups is 1. The Morgan fingerprint density at radius 2 is 1.94 bits per heavy atom. The van der Waals surface area contributed by atoms with Crippen LogP contribution in [0, 0.1) is 17.8 Å². The van der Waals surface area contributed by atoms with E-state index in [9.17, 15) is 13.6 Å². The van der Waals surface area contributed by atoms with Crippen LogP contribution in [-0.2, 0) is 9.53 Å². The maximum absolute atomic E-state index is 14.8. The van der Waals surface area contributed by atoms with Crippen molar-refractivity contribution >= 4 is 12.0 Å². The molecule has 0 amide bonds. The smallest absolute Gasteiger partial charge is 0.327 e. The van der Waals surface area contributed by atoms with E-state index in [1.807, 2.05) is 30.3 Å². The standard InChI is InChI=1S/C24H24F2N6O2/c1-13-17(20-14(2)34-22(33)23(20,27)12-24(13,25)26)10-9-16-8-7-15(11-28-16)18-5-3-4-6-19(18)21-29-31-32-30-21/h3-11,13-14,17,20H,12,27H2,1-2H3,(H,29,30,31,32)/b10-9+/t13-,14+,17-,20?,23-/m0/s1. The predicted molar refractivity (Wildman–Crippen MR) is 120 cm³/mol. The lowest BCUT2D eigenvalue weighted by Gasteiger charge is -2.45. The summed E-state index contributed by atoms with van der Waals surface area (Å²) in [6.07, 6.45) is 3.86. The maximum Gasteiger partial charge on any atom is 0.327 e. The number of esters is 1. The van der Waals surface area contributed by atoms with Crippen LogP contribution in [0.4, 0.5) is 8.78 Å². The fourth-order valence-corrected chi connectivity index (χ4v) is 5.26. The van der Waals surface area contributed by atoms with Gasteiger partial charge in [-0.25, -0.2) is 8.78 Å². The van der Waals surface area contributed by atoms with Crippen LogP contribution >= 0.6 is 0 Å². The lowest BCUT2D eigenvalue weighted by atomic mass is 9.61. The van der Waals surface area contributed by atoms with Crippen molar-refractivity contribution in [2.45, 2.75) is 37.8 Å². The molecule has 1 unspecified atom stereocenters. The van der Waals surface area contributed by atoms with Crippen LogP contribution < -0.4 is 5.73 Å². The molecule has 3 aromatic rings. The zero-order chi connectivity index (χ0) is 24.1. The second-order valence-corrected chi connectivity index (χ2v) is 9.09. The molecule has 1 saturated carbocycles. The van der Waals surface area contributed by atoms with E-state index in [4.69, 9.17) is 10.5 Å². The Labute approximate surface area is 194 Å². The molecule has 10 heteroatoms. The van der Waals surface area contributed by atoms with Gasteiger partial charge in [-0.2, -0.15) is 5.21 Å². The summed E-state index contributed by atoms with van der Waals surface area (Å²) in [6, 6.07) is 11.3. The van der Waals surface area contributed by atoms with Crippen LogP contribution in [0.3, 0.4) is 0 Å². The fourth-order valence-electron chi connectivity index (χ4n) is 5.26. The van der Waals surface area contributed by atoms with Crippen molar-refractivity contribution in [1.82, 2.24) is 25.6 Å². The number of nitrogens with one attached hydrogen (secondary N) is 1. The number of pyridine rings is 1. The number of nitrogens with zero attached hydrogens (tertiary/aromatic N) is 4. The summed E-state index contributed by atoms with van der Waals surface area (Å²) in [7, 11) is 0.